The molecular weight excluding hydrogens is 504 g/mol. The predicted octanol–water partition coefficient (Wildman–Crippen LogP) is 2.94. The van der Waals surface area contributed by atoms with E-state index in [1.807, 2.05) is 30.3 Å². The molecule has 1 aromatic heterocycles. The molecule has 2 aromatic carbocycles. The molecule has 4 rings (SSSR count). The second-order valence-corrected chi connectivity index (χ2v) is 9.10. The van der Waals surface area contributed by atoms with Crippen molar-refractivity contribution in [3.05, 3.63) is 89.7 Å². The van der Waals surface area contributed by atoms with Gasteiger partial charge in [-0.2, -0.15) is 0 Å². The van der Waals surface area contributed by atoms with Crippen molar-refractivity contribution in [2.45, 2.75) is 31.6 Å². The second-order valence-electron chi connectivity index (χ2n) is 9.10. The number of amides is 1. The third-order valence-electron chi connectivity index (χ3n) is 6.35. The Morgan fingerprint density at radius 2 is 1.74 bits per heavy atom. The van der Waals surface area contributed by atoms with Crippen molar-refractivity contribution >= 4 is 17.8 Å². The smallest absolute Gasteiger partial charge is 0.338 e. The second kappa shape index (κ2) is 12.9. The lowest BCUT2D eigenvalue weighted by Gasteiger charge is -2.30. The Morgan fingerprint density at radius 1 is 1.05 bits per heavy atom. The highest BCUT2D eigenvalue weighted by atomic mass is 16.6. The SMILES string of the molecule is COc1ccnc(C(=O)N[C@H]2COC[C@H](Cc3ccccc3)[C@@H](OC(=O)c3ccccc3)[C@H](C)OC2=O)c1O. The lowest BCUT2D eigenvalue weighted by atomic mass is 9.91. The summed E-state index contributed by atoms with van der Waals surface area (Å²) >= 11 is 0. The first-order valence-corrected chi connectivity index (χ1v) is 12.5. The van der Waals surface area contributed by atoms with Gasteiger partial charge in [0.15, 0.2) is 23.2 Å². The quantitative estimate of drug-likeness (QED) is 0.439. The Balaban J connectivity index is 1.55. The number of cyclic esters (lactones) is 1. The van der Waals surface area contributed by atoms with Gasteiger partial charge in [0.05, 0.1) is 25.9 Å². The van der Waals surface area contributed by atoms with E-state index in [0.717, 1.165) is 5.56 Å². The Bertz CT molecular complexity index is 1280. The number of carbonyl (C=O) groups is 3. The number of nitrogens with one attached hydrogen (secondary N) is 1. The zero-order valence-corrected chi connectivity index (χ0v) is 21.6. The van der Waals surface area contributed by atoms with E-state index < -0.39 is 41.8 Å². The van der Waals surface area contributed by atoms with Crippen LogP contribution in [0.25, 0.3) is 0 Å². The average Bonchev–Trinajstić information content (AvgIpc) is 2.99. The number of nitrogens with zero attached hydrogens (tertiary/aromatic N) is 1. The van der Waals surface area contributed by atoms with Crippen molar-refractivity contribution in [1.82, 2.24) is 10.3 Å². The zero-order chi connectivity index (χ0) is 27.8. The van der Waals surface area contributed by atoms with Gasteiger partial charge in [-0.1, -0.05) is 48.5 Å². The van der Waals surface area contributed by atoms with Crippen LogP contribution in [0.1, 0.15) is 33.3 Å². The van der Waals surface area contributed by atoms with Crippen LogP contribution in [0.3, 0.4) is 0 Å². The van der Waals surface area contributed by atoms with Crippen LogP contribution < -0.4 is 10.1 Å². The lowest BCUT2D eigenvalue weighted by Crippen LogP contribution is -2.46. The summed E-state index contributed by atoms with van der Waals surface area (Å²) in [4.78, 5) is 42.8. The maximum atomic E-state index is 13.1. The van der Waals surface area contributed by atoms with Crippen LogP contribution in [0.4, 0.5) is 0 Å². The van der Waals surface area contributed by atoms with Crippen LogP contribution in [0, 0.1) is 5.92 Å². The van der Waals surface area contributed by atoms with Crippen molar-refractivity contribution in [2.75, 3.05) is 20.3 Å². The maximum Gasteiger partial charge on any atom is 0.338 e. The monoisotopic (exact) mass is 534 g/mol. The highest BCUT2D eigenvalue weighted by Gasteiger charge is 2.37. The fourth-order valence-corrected chi connectivity index (χ4v) is 4.36. The van der Waals surface area contributed by atoms with Gasteiger partial charge in [0.1, 0.15) is 12.2 Å². The zero-order valence-electron chi connectivity index (χ0n) is 21.6. The molecule has 10 heteroatoms. The van der Waals surface area contributed by atoms with Crippen LogP contribution in [0.15, 0.2) is 72.9 Å². The first kappa shape index (κ1) is 27.6. The van der Waals surface area contributed by atoms with Crippen molar-refractivity contribution in [1.29, 1.82) is 0 Å². The number of ether oxygens (including phenoxy) is 4. The Labute approximate surface area is 225 Å². The van der Waals surface area contributed by atoms with E-state index in [9.17, 15) is 19.5 Å². The molecular formula is C29H30N2O8. The Hall–Kier alpha value is -4.44. The highest BCUT2D eigenvalue weighted by Crippen LogP contribution is 2.28. The van der Waals surface area contributed by atoms with Crippen molar-refractivity contribution in [3.63, 3.8) is 0 Å². The van der Waals surface area contributed by atoms with Crippen molar-refractivity contribution in [3.8, 4) is 11.5 Å². The summed E-state index contributed by atoms with van der Waals surface area (Å²) in [5.74, 6) is -2.90. The van der Waals surface area contributed by atoms with Gasteiger partial charge >= 0.3 is 11.9 Å². The molecule has 0 aliphatic carbocycles. The number of esters is 2. The molecule has 2 heterocycles. The predicted molar refractivity (Wildman–Crippen MR) is 139 cm³/mol. The molecule has 10 nitrogen and oxygen atoms in total. The van der Waals surface area contributed by atoms with E-state index in [-0.39, 0.29) is 30.6 Å². The number of carbonyl (C=O) groups excluding carboxylic acids is 3. The normalized spacial score (nSPS) is 21.4. The van der Waals surface area contributed by atoms with E-state index in [1.54, 1.807) is 37.3 Å². The molecule has 39 heavy (non-hydrogen) atoms. The minimum absolute atomic E-state index is 0.0592. The summed E-state index contributed by atoms with van der Waals surface area (Å²) in [5, 5.41) is 12.8. The topological polar surface area (TPSA) is 133 Å². The number of aromatic hydroxyl groups is 1. The Morgan fingerprint density at radius 3 is 2.44 bits per heavy atom. The van der Waals surface area contributed by atoms with Crippen LogP contribution in [0.2, 0.25) is 0 Å². The first-order valence-electron chi connectivity index (χ1n) is 12.5. The van der Waals surface area contributed by atoms with Crippen molar-refractivity contribution in [2.24, 2.45) is 5.92 Å². The van der Waals surface area contributed by atoms with Gasteiger partial charge in [-0.3, -0.25) is 4.79 Å². The molecule has 204 valence electrons. The maximum absolute atomic E-state index is 13.1. The average molecular weight is 535 g/mol. The van der Waals surface area contributed by atoms with Crippen LogP contribution in [-0.4, -0.2) is 66.5 Å². The summed E-state index contributed by atoms with van der Waals surface area (Å²) in [6, 6.07) is 18.4. The van der Waals surface area contributed by atoms with Gasteiger partial charge in [0.2, 0.25) is 0 Å². The third-order valence-corrected chi connectivity index (χ3v) is 6.35. The van der Waals surface area contributed by atoms with Gasteiger partial charge in [-0.15, -0.1) is 0 Å². The van der Waals surface area contributed by atoms with Crippen LogP contribution in [0.5, 0.6) is 11.5 Å². The number of hydrogen-bond donors (Lipinski definition) is 2. The number of aromatic nitrogens is 1. The fraction of sp³-hybridized carbons (Fsp3) is 0.310. The molecule has 4 atom stereocenters. The molecule has 0 radical (unpaired) electrons. The van der Waals surface area contributed by atoms with E-state index >= 15 is 0 Å². The summed E-state index contributed by atoms with van der Waals surface area (Å²) in [6.07, 6.45) is 0.102. The standard InChI is InChI=1S/C29H30N2O8/c1-18-26(39-28(34)20-11-7-4-8-12-20)21(15-19-9-5-3-6-10-19)16-37-17-22(29(35)38-18)31-27(33)24-25(32)23(36-2)13-14-30-24/h3-14,18,21-22,26,32H,15-17H2,1-2H3,(H,31,33)/t18-,21-,22-,26-/m0/s1. The van der Waals surface area contributed by atoms with Gasteiger partial charge in [0, 0.05) is 18.2 Å². The van der Waals surface area contributed by atoms with Crippen LogP contribution >= 0.6 is 0 Å². The number of hydrogen-bond acceptors (Lipinski definition) is 9. The van der Waals surface area contributed by atoms with Gasteiger partial charge < -0.3 is 29.4 Å². The largest absolute Gasteiger partial charge is 0.503 e. The summed E-state index contributed by atoms with van der Waals surface area (Å²) in [5.41, 5.74) is 1.05. The molecule has 2 N–H and O–H groups in total. The molecule has 0 saturated carbocycles. The molecule has 1 aliphatic heterocycles. The van der Waals surface area contributed by atoms with Gasteiger partial charge in [-0.25, -0.2) is 14.6 Å². The molecule has 1 aliphatic rings. The number of benzene rings is 2. The summed E-state index contributed by atoms with van der Waals surface area (Å²) < 4.78 is 22.5. The molecule has 1 saturated heterocycles. The summed E-state index contributed by atoms with van der Waals surface area (Å²) in [6.45, 7) is 1.56. The van der Waals surface area contributed by atoms with Crippen LogP contribution in [-0.2, 0) is 25.4 Å². The molecule has 0 unspecified atom stereocenters. The van der Waals surface area contributed by atoms with Crippen molar-refractivity contribution < 1.29 is 38.4 Å². The number of methoxy groups -OCH3 is 1. The first-order chi connectivity index (χ1) is 18.9. The lowest BCUT2D eigenvalue weighted by molar-refractivity contribution is -0.157. The molecule has 3 aromatic rings. The molecule has 0 spiro atoms. The van der Waals surface area contributed by atoms with Gasteiger partial charge in [0.25, 0.3) is 5.91 Å². The molecule has 1 amide bonds. The van der Waals surface area contributed by atoms with E-state index in [0.29, 0.717) is 12.0 Å². The molecule has 1 fully saturated rings. The highest BCUT2D eigenvalue weighted by molar-refractivity contribution is 5.98. The number of rotatable bonds is 7. The van der Waals surface area contributed by atoms with Gasteiger partial charge in [-0.05, 0) is 31.0 Å². The minimum Gasteiger partial charge on any atom is -0.503 e. The Kier molecular flexibility index (Phi) is 9.11. The molecule has 0 bridgehead atoms. The van der Waals surface area contributed by atoms with E-state index in [2.05, 4.69) is 10.3 Å². The third kappa shape index (κ3) is 6.91. The van der Waals surface area contributed by atoms with E-state index in [4.69, 9.17) is 18.9 Å². The fourth-order valence-electron chi connectivity index (χ4n) is 4.36. The summed E-state index contributed by atoms with van der Waals surface area (Å²) in [7, 11) is 1.34. The number of pyridine rings is 1. The minimum atomic E-state index is -1.20. The van der Waals surface area contributed by atoms with E-state index in [1.165, 1.54) is 19.4 Å².